The Labute approximate surface area is 179 Å². The summed E-state index contributed by atoms with van der Waals surface area (Å²) in [6, 6.07) is 7.39. The van der Waals surface area contributed by atoms with Gasteiger partial charge < -0.3 is 10.1 Å². The molecule has 1 amide bonds. The summed E-state index contributed by atoms with van der Waals surface area (Å²) in [5.41, 5.74) is -0.995. The normalized spacial score (nSPS) is 11.9. The highest BCUT2D eigenvalue weighted by Gasteiger charge is 2.31. The maximum Gasteiger partial charge on any atom is 0.416 e. The lowest BCUT2D eigenvalue weighted by Gasteiger charge is -2.09. The average molecular weight is 478 g/mol. The first kappa shape index (κ1) is 23.2. The molecule has 0 atom stereocenters. The van der Waals surface area contributed by atoms with Crippen LogP contribution in [0.2, 0.25) is 0 Å². The molecular formula is C18H12F6N4O3S. The van der Waals surface area contributed by atoms with Crippen LogP contribution in [0.3, 0.4) is 0 Å². The van der Waals surface area contributed by atoms with Crippen LogP contribution in [0.25, 0.3) is 16.4 Å². The molecule has 0 aliphatic carbocycles. The van der Waals surface area contributed by atoms with E-state index in [0.717, 1.165) is 22.9 Å². The van der Waals surface area contributed by atoms with E-state index in [1.807, 2.05) is 0 Å². The number of benzene rings is 1. The van der Waals surface area contributed by atoms with E-state index in [2.05, 4.69) is 14.8 Å². The van der Waals surface area contributed by atoms with E-state index < -0.39 is 48.8 Å². The molecule has 3 rings (SSSR count). The van der Waals surface area contributed by atoms with Gasteiger partial charge in [-0.2, -0.15) is 31.3 Å². The molecule has 0 saturated carbocycles. The van der Waals surface area contributed by atoms with Gasteiger partial charge in [-0.3, -0.25) is 4.79 Å². The minimum Gasteiger partial charge on any atom is -0.450 e. The number of rotatable bonds is 6. The van der Waals surface area contributed by atoms with Gasteiger partial charge in [0, 0.05) is 0 Å². The molecule has 3 aromatic rings. The summed E-state index contributed by atoms with van der Waals surface area (Å²) in [6.45, 7) is -2.63. The van der Waals surface area contributed by atoms with Crippen molar-refractivity contribution in [2.24, 2.45) is 0 Å². The Hall–Kier alpha value is -3.42. The Morgan fingerprint density at radius 2 is 1.84 bits per heavy atom. The molecule has 2 heterocycles. The summed E-state index contributed by atoms with van der Waals surface area (Å²) in [7, 11) is 0. The number of nitrogens with one attached hydrogen (secondary N) is 1. The van der Waals surface area contributed by atoms with E-state index >= 15 is 0 Å². The predicted molar refractivity (Wildman–Crippen MR) is 99.0 cm³/mol. The zero-order valence-electron chi connectivity index (χ0n) is 15.7. The standard InChI is InChI=1S/C18H12F6N4O3S/c19-17(20,21)9-25-13(29)8-31-16(30)14-26-15(12-5-2-6-32-12)28(27-14)11-4-1-3-10(7-11)18(22,23)24/h1-7H,8-9H2,(H,25,29). The molecule has 2 aromatic heterocycles. The molecular weight excluding hydrogens is 466 g/mol. The lowest BCUT2D eigenvalue weighted by molar-refractivity contribution is -0.140. The number of halogens is 6. The van der Waals surface area contributed by atoms with Crippen LogP contribution in [-0.2, 0) is 15.7 Å². The molecule has 1 aromatic carbocycles. The monoisotopic (exact) mass is 478 g/mol. The fourth-order valence-electron chi connectivity index (χ4n) is 2.40. The van der Waals surface area contributed by atoms with Crippen LogP contribution >= 0.6 is 11.3 Å². The Morgan fingerprint density at radius 1 is 1.09 bits per heavy atom. The van der Waals surface area contributed by atoms with Crippen LogP contribution in [0.1, 0.15) is 16.2 Å². The van der Waals surface area contributed by atoms with Crippen LogP contribution < -0.4 is 5.32 Å². The highest BCUT2D eigenvalue weighted by Crippen LogP contribution is 2.32. The molecule has 0 unspecified atom stereocenters. The number of alkyl halides is 6. The second kappa shape index (κ2) is 8.98. The number of nitrogens with zero attached hydrogens (tertiary/aromatic N) is 3. The number of aromatic nitrogens is 3. The van der Waals surface area contributed by atoms with Gasteiger partial charge in [-0.05, 0) is 29.6 Å². The zero-order valence-corrected chi connectivity index (χ0v) is 16.5. The predicted octanol–water partition coefficient (Wildman–Crippen LogP) is 3.85. The minimum atomic E-state index is -4.64. The Kier molecular flexibility index (Phi) is 6.52. The lowest BCUT2D eigenvalue weighted by Crippen LogP contribution is -2.36. The Bertz CT molecular complexity index is 1110. The van der Waals surface area contributed by atoms with Crippen LogP contribution in [0, 0.1) is 0 Å². The molecule has 0 spiro atoms. The van der Waals surface area contributed by atoms with Gasteiger partial charge in [0.1, 0.15) is 6.54 Å². The van der Waals surface area contributed by atoms with Gasteiger partial charge in [0.05, 0.1) is 16.1 Å². The summed E-state index contributed by atoms with van der Waals surface area (Å²) >= 11 is 1.18. The first-order chi connectivity index (χ1) is 14.9. The quantitative estimate of drug-likeness (QED) is 0.430. The molecule has 0 saturated heterocycles. The Morgan fingerprint density at radius 3 is 2.47 bits per heavy atom. The van der Waals surface area contributed by atoms with Gasteiger partial charge in [-0.25, -0.2) is 9.48 Å². The highest BCUT2D eigenvalue weighted by atomic mass is 32.1. The number of carbonyl (C=O) groups excluding carboxylic acids is 2. The van der Waals surface area contributed by atoms with Crippen molar-refractivity contribution in [1.82, 2.24) is 20.1 Å². The molecule has 0 fully saturated rings. The first-order valence-corrected chi connectivity index (χ1v) is 9.51. The van der Waals surface area contributed by atoms with Gasteiger partial charge in [-0.1, -0.05) is 12.1 Å². The van der Waals surface area contributed by atoms with E-state index in [0.29, 0.717) is 4.88 Å². The number of thiophene rings is 1. The minimum absolute atomic E-state index is 0.0350. The third-order valence-corrected chi connectivity index (χ3v) is 4.64. The number of ether oxygens (including phenoxy) is 1. The maximum atomic E-state index is 13.1. The summed E-state index contributed by atoms with van der Waals surface area (Å²) in [5, 5.41) is 7.07. The van der Waals surface area contributed by atoms with Crippen LogP contribution in [0.4, 0.5) is 26.3 Å². The SMILES string of the molecule is O=C(COC(=O)c1nc(-c2cccs2)n(-c2cccc(C(F)(F)F)c2)n1)NCC(F)(F)F. The number of hydrogen-bond acceptors (Lipinski definition) is 6. The van der Waals surface area contributed by atoms with Crippen molar-refractivity contribution < 1.29 is 40.7 Å². The lowest BCUT2D eigenvalue weighted by atomic mass is 10.2. The van der Waals surface area contributed by atoms with Crippen molar-refractivity contribution in [3.8, 4) is 16.4 Å². The van der Waals surface area contributed by atoms with Gasteiger partial charge in [0.25, 0.3) is 11.7 Å². The number of amides is 1. The zero-order chi connectivity index (χ0) is 23.5. The van der Waals surface area contributed by atoms with Crippen molar-refractivity contribution in [2.75, 3.05) is 13.2 Å². The van der Waals surface area contributed by atoms with Gasteiger partial charge in [-0.15, -0.1) is 16.4 Å². The summed E-state index contributed by atoms with van der Waals surface area (Å²) in [6.07, 6.45) is -9.26. The molecule has 170 valence electrons. The molecule has 0 aliphatic rings. The largest absolute Gasteiger partial charge is 0.450 e. The van der Waals surface area contributed by atoms with E-state index in [1.165, 1.54) is 22.7 Å². The summed E-state index contributed by atoms with van der Waals surface area (Å²) < 4.78 is 81.2. The second-order valence-corrected chi connectivity index (χ2v) is 7.11. The van der Waals surface area contributed by atoms with Gasteiger partial charge in [0.2, 0.25) is 0 Å². The summed E-state index contributed by atoms with van der Waals surface area (Å²) in [5.74, 6) is -3.00. The fraction of sp³-hybridized carbons (Fsp3) is 0.222. The van der Waals surface area contributed by atoms with Crippen molar-refractivity contribution in [1.29, 1.82) is 0 Å². The van der Waals surface area contributed by atoms with E-state index in [1.54, 1.807) is 17.5 Å². The molecule has 7 nitrogen and oxygen atoms in total. The molecule has 0 radical (unpaired) electrons. The van der Waals surface area contributed by atoms with Crippen molar-refractivity contribution in [3.63, 3.8) is 0 Å². The van der Waals surface area contributed by atoms with E-state index in [-0.39, 0.29) is 11.5 Å². The third kappa shape index (κ3) is 5.84. The molecule has 32 heavy (non-hydrogen) atoms. The van der Waals surface area contributed by atoms with Crippen molar-refractivity contribution in [3.05, 3.63) is 53.2 Å². The topological polar surface area (TPSA) is 86.1 Å². The Balaban J connectivity index is 1.85. The fourth-order valence-corrected chi connectivity index (χ4v) is 3.10. The van der Waals surface area contributed by atoms with Gasteiger partial charge >= 0.3 is 18.3 Å². The van der Waals surface area contributed by atoms with Crippen LogP contribution in [0.5, 0.6) is 0 Å². The van der Waals surface area contributed by atoms with E-state index in [4.69, 9.17) is 0 Å². The number of carbonyl (C=O) groups is 2. The van der Waals surface area contributed by atoms with Gasteiger partial charge in [0.15, 0.2) is 12.4 Å². The molecule has 14 heteroatoms. The molecule has 0 aliphatic heterocycles. The third-order valence-electron chi connectivity index (χ3n) is 3.77. The maximum absolute atomic E-state index is 13.1. The van der Waals surface area contributed by atoms with Crippen molar-refractivity contribution >= 4 is 23.2 Å². The summed E-state index contributed by atoms with van der Waals surface area (Å²) in [4.78, 5) is 28.0. The molecule has 1 N–H and O–H groups in total. The molecule has 0 bridgehead atoms. The number of esters is 1. The first-order valence-electron chi connectivity index (χ1n) is 8.63. The second-order valence-electron chi connectivity index (χ2n) is 6.16. The number of hydrogen-bond donors (Lipinski definition) is 1. The smallest absolute Gasteiger partial charge is 0.416 e. The van der Waals surface area contributed by atoms with Crippen LogP contribution in [0.15, 0.2) is 41.8 Å². The highest BCUT2D eigenvalue weighted by molar-refractivity contribution is 7.13. The van der Waals surface area contributed by atoms with Crippen molar-refractivity contribution in [2.45, 2.75) is 12.4 Å². The average Bonchev–Trinajstić information content (AvgIpc) is 3.39. The van der Waals surface area contributed by atoms with Crippen LogP contribution in [-0.4, -0.2) is 46.0 Å². The van der Waals surface area contributed by atoms with E-state index in [9.17, 15) is 35.9 Å².